The zero-order valence-electron chi connectivity index (χ0n) is 8.47. The van der Waals surface area contributed by atoms with E-state index in [0.29, 0.717) is 6.54 Å². The maximum atomic E-state index is 11.2. The molecule has 0 rings (SSSR count). The zero-order chi connectivity index (χ0) is 10.8. The first kappa shape index (κ1) is 12.6. The van der Waals surface area contributed by atoms with Crippen molar-refractivity contribution in [2.75, 3.05) is 13.1 Å². The first-order chi connectivity index (χ1) is 6.74. The number of amides is 1. The van der Waals surface area contributed by atoms with Gasteiger partial charge in [0.25, 0.3) is 0 Å². The highest BCUT2D eigenvalue weighted by atomic mass is 16.1. The van der Waals surface area contributed by atoms with Gasteiger partial charge in [0.2, 0.25) is 5.91 Å². The molecule has 0 aliphatic rings. The van der Waals surface area contributed by atoms with Gasteiger partial charge in [0, 0.05) is 0 Å². The third-order valence-corrected chi connectivity index (χ3v) is 1.63. The van der Waals surface area contributed by atoms with E-state index in [1.54, 1.807) is 0 Å². The van der Waals surface area contributed by atoms with Crippen LogP contribution in [-0.4, -0.2) is 25.0 Å². The SMILES string of the molecule is C#CCNCC(=O)NC(C#C)CCC. The summed E-state index contributed by atoms with van der Waals surface area (Å²) in [6, 6.07) is -0.167. The van der Waals surface area contributed by atoms with Gasteiger partial charge in [-0.3, -0.25) is 10.1 Å². The van der Waals surface area contributed by atoms with E-state index in [9.17, 15) is 4.79 Å². The van der Waals surface area contributed by atoms with E-state index >= 15 is 0 Å². The average molecular weight is 192 g/mol. The largest absolute Gasteiger partial charge is 0.341 e. The molecule has 0 fully saturated rings. The van der Waals surface area contributed by atoms with Crippen LogP contribution >= 0.6 is 0 Å². The second-order valence-electron chi connectivity index (χ2n) is 2.88. The molecule has 0 saturated heterocycles. The fraction of sp³-hybridized carbons (Fsp3) is 0.545. The molecule has 0 saturated carbocycles. The van der Waals surface area contributed by atoms with Crippen LogP contribution in [0.3, 0.4) is 0 Å². The fourth-order valence-corrected chi connectivity index (χ4v) is 0.979. The molecule has 14 heavy (non-hydrogen) atoms. The summed E-state index contributed by atoms with van der Waals surface area (Å²) in [5.74, 6) is 4.79. The zero-order valence-corrected chi connectivity index (χ0v) is 8.47. The molecule has 0 aromatic carbocycles. The average Bonchev–Trinajstić information content (AvgIpc) is 2.17. The Hall–Kier alpha value is -1.45. The van der Waals surface area contributed by atoms with E-state index in [-0.39, 0.29) is 18.5 Å². The molecule has 0 spiro atoms. The summed E-state index contributed by atoms with van der Waals surface area (Å²) in [5.41, 5.74) is 0. The highest BCUT2D eigenvalue weighted by molar-refractivity contribution is 5.78. The number of carbonyl (C=O) groups is 1. The van der Waals surface area contributed by atoms with E-state index < -0.39 is 0 Å². The third-order valence-electron chi connectivity index (χ3n) is 1.63. The van der Waals surface area contributed by atoms with Gasteiger partial charge in [0.1, 0.15) is 0 Å². The smallest absolute Gasteiger partial charge is 0.234 e. The van der Waals surface area contributed by atoms with Crippen molar-refractivity contribution in [1.29, 1.82) is 0 Å². The van der Waals surface area contributed by atoms with Crippen molar-refractivity contribution in [1.82, 2.24) is 10.6 Å². The molecule has 0 aliphatic carbocycles. The number of terminal acetylenes is 2. The van der Waals surface area contributed by atoms with Crippen molar-refractivity contribution in [2.45, 2.75) is 25.8 Å². The standard InChI is InChI=1S/C11H16N2O/c1-4-7-10(6-3)13-11(14)9-12-8-5-2/h2-3,10,12H,4,7-9H2,1H3,(H,13,14). The van der Waals surface area contributed by atoms with E-state index in [4.69, 9.17) is 12.8 Å². The highest BCUT2D eigenvalue weighted by Crippen LogP contribution is 1.93. The summed E-state index contributed by atoms with van der Waals surface area (Å²) in [4.78, 5) is 11.2. The van der Waals surface area contributed by atoms with Crippen molar-refractivity contribution in [2.24, 2.45) is 0 Å². The normalized spacial score (nSPS) is 11.1. The summed E-state index contributed by atoms with van der Waals surface area (Å²) in [6.07, 6.45) is 12.0. The van der Waals surface area contributed by atoms with Gasteiger partial charge >= 0.3 is 0 Å². The van der Waals surface area contributed by atoms with Gasteiger partial charge in [0.15, 0.2) is 0 Å². The highest BCUT2D eigenvalue weighted by Gasteiger charge is 2.06. The Morgan fingerprint density at radius 3 is 2.71 bits per heavy atom. The van der Waals surface area contributed by atoms with Crippen LogP contribution in [0.15, 0.2) is 0 Å². The summed E-state index contributed by atoms with van der Waals surface area (Å²) >= 11 is 0. The molecule has 3 heteroatoms. The predicted molar refractivity (Wildman–Crippen MR) is 57.4 cm³/mol. The maximum Gasteiger partial charge on any atom is 0.234 e. The van der Waals surface area contributed by atoms with Gasteiger partial charge < -0.3 is 5.32 Å². The maximum absolute atomic E-state index is 11.2. The van der Waals surface area contributed by atoms with Crippen molar-refractivity contribution in [3.8, 4) is 24.7 Å². The van der Waals surface area contributed by atoms with Crippen molar-refractivity contribution in [3.05, 3.63) is 0 Å². The molecule has 0 aromatic heterocycles. The van der Waals surface area contributed by atoms with Gasteiger partial charge in [-0.15, -0.1) is 12.8 Å². The second kappa shape index (κ2) is 8.16. The van der Waals surface area contributed by atoms with Crippen LogP contribution < -0.4 is 10.6 Å². The van der Waals surface area contributed by atoms with Crippen LogP contribution in [0.5, 0.6) is 0 Å². The molecule has 1 amide bonds. The Balaban J connectivity index is 3.70. The van der Waals surface area contributed by atoms with Crippen LogP contribution in [-0.2, 0) is 4.79 Å². The Morgan fingerprint density at radius 1 is 1.50 bits per heavy atom. The lowest BCUT2D eigenvalue weighted by Gasteiger charge is -2.11. The summed E-state index contributed by atoms with van der Waals surface area (Å²) in [5, 5.41) is 5.51. The summed E-state index contributed by atoms with van der Waals surface area (Å²) in [6.45, 7) is 2.63. The Morgan fingerprint density at radius 2 is 2.21 bits per heavy atom. The Bertz CT molecular complexity index is 247. The van der Waals surface area contributed by atoms with Gasteiger partial charge in [-0.2, -0.15) is 0 Å². The van der Waals surface area contributed by atoms with Gasteiger partial charge in [-0.05, 0) is 6.42 Å². The molecule has 0 aliphatic heterocycles. The van der Waals surface area contributed by atoms with Gasteiger partial charge in [-0.25, -0.2) is 0 Å². The molecule has 76 valence electrons. The molecule has 0 heterocycles. The lowest BCUT2D eigenvalue weighted by molar-refractivity contribution is -0.120. The minimum atomic E-state index is -0.167. The molecule has 1 unspecified atom stereocenters. The minimum Gasteiger partial charge on any atom is -0.341 e. The molecule has 0 bridgehead atoms. The monoisotopic (exact) mass is 192 g/mol. The number of hydrogen-bond donors (Lipinski definition) is 2. The summed E-state index contributed by atoms with van der Waals surface area (Å²) in [7, 11) is 0. The topological polar surface area (TPSA) is 41.1 Å². The molecule has 0 radical (unpaired) electrons. The van der Waals surface area contributed by atoms with Crippen molar-refractivity contribution < 1.29 is 4.79 Å². The molecule has 2 N–H and O–H groups in total. The van der Waals surface area contributed by atoms with Gasteiger partial charge in [0.05, 0.1) is 19.1 Å². The molecular formula is C11H16N2O. The number of hydrogen-bond acceptors (Lipinski definition) is 2. The molecule has 0 aromatic rings. The fourth-order valence-electron chi connectivity index (χ4n) is 0.979. The number of rotatable bonds is 6. The van der Waals surface area contributed by atoms with Gasteiger partial charge in [-0.1, -0.05) is 25.2 Å². The third kappa shape index (κ3) is 6.11. The number of nitrogens with one attached hydrogen (secondary N) is 2. The van der Waals surface area contributed by atoms with Crippen LogP contribution in [0.1, 0.15) is 19.8 Å². The quantitative estimate of drug-likeness (QED) is 0.464. The van der Waals surface area contributed by atoms with Crippen LogP contribution in [0.25, 0.3) is 0 Å². The first-order valence-electron chi connectivity index (χ1n) is 4.64. The molecule has 3 nitrogen and oxygen atoms in total. The van der Waals surface area contributed by atoms with Crippen molar-refractivity contribution >= 4 is 5.91 Å². The van der Waals surface area contributed by atoms with Crippen molar-refractivity contribution in [3.63, 3.8) is 0 Å². The minimum absolute atomic E-state index is 0.114. The Labute approximate surface area is 85.6 Å². The van der Waals surface area contributed by atoms with Crippen LogP contribution in [0.4, 0.5) is 0 Å². The molecular weight excluding hydrogens is 176 g/mol. The predicted octanol–water partition coefficient (Wildman–Crippen LogP) is 0.127. The molecule has 1 atom stereocenters. The number of carbonyl (C=O) groups excluding carboxylic acids is 1. The van der Waals surface area contributed by atoms with E-state index in [2.05, 4.69) is 22.5 Å². The first-order valence-corrected chi connectivity index (χ1v) is 4.64. The van der Waals surface area contributed by atoms with E-state index in [1.807, 2.05) is 6.92 Å². The Kier molecular flexibility index (Phi) is 7.32. The lowest BCUT2D eigenvalue weighted by Crippen LogP contribution is -2.39. The summed E-state index contributed by atoms with van der Waals surface area (Å²) < 4.78 is 0. The van der Waals surface area contributed by atoms with E-state index in [1.165, 1.54) is 0 Å². The van der Waals surface area contributed by atoms with Crippen LogP contribution in [0, 0.1) is 24.7 Å². The second-order valence-corrected chi connectivity index (χ2v) is 2.88. The van der Waals surface area contributed by atoms with E-state index in [0.717, 1.165) is 12.8 Å². The lowest BCUT2D eigenvalue weighted by atomic mass is 10.2. The van der Waals surface area contributed by atoms with Crippen LogP contribution in [0.2, 0.25) is 0 Å².